The molecule has 146 valence electrons. The van der Waals surface area contributed by atoms with Gasteiger partial charge in [0, 0.05) is 11.3 Å². The maximum Gasteiger partial charge on any atom is 0.268 e. The van der Waals surface area contributed by atoms with Gasteiger partial charge in [0.1, 0.15) is 11.4 Å². The fraction of sp³-hybridized carbons (Fsp3) is 0.238. The summed E-state index contributed by atoms with van der Waals surface area (Å²) in [6, 6.07) is 14.2. The molecule has 0 saturated carbocycles. The van der Waals surface area contributed by atoms with E-state index in [4.69, 9.17) is 0 Å². The first-order valence-corrected chi connectivity index (χ1v) is 10.4. The molecule has 1 heterocycles. The molecule has 0 bridgehead atoms. The first-order valence-electron chi connectivity index (χ1n) is 8.98. The molecule has 2 aromatic carbocycles. The molecular formula is C21H22N2O4S. The minimum absolute atomic E-state index is 0.0386. The van der Waals surface area contributed by atoms with Gasteiger partial charge in [-0.15, -0.1) is 0 Å². The molecule has 0 fully saturated rings. The molecule has 0 aliphatic carbocycles. The van der Waals surface area contributed by atoms with Gasteiger partial charge in [-0.3, -0.25) is 9.59 Å². The fourth-order valence-corrected chi connectivity index (χ4v) is 4.85. The fourth-order valence-electron chi connectivity index (χ4n) is 3.08. The topological polar surface area (TPSA) is 83.6 Å². The number of carbonyl (C=O) groups is 2. The van der Waals surface area contributed by atoms with E-state index in [1.165, 1.54) is 6.92 Å². The SMILES string of the molecule is CCc1ccc(C2=C(C)C(=O)N(CC(=O)Nc3ccc(C)cc3)S2(=O)=O)cc1. The van der Waals surface area contributed by atoms with E-state index >= 15 is 0 Å². The normalized spacial score (nSPS) is 15.8. The van der Waals surface area contributed by atoms with Gasteiger partial charge in [0.2, 0.25) is 5.91 Å². The number of rotatable bonds is 5. The zero-order chi connectivity index (χ0) is 20.5. The van der Waals surface area contributed by atoms with Crippen molar-refractivity contribution >= 4 is 32.4 Å². The Labute approximate surface area is 164 Å². The second-order valence-corrected chi connectivity index (χ2v) is 8.53. The number of nitrogens with one attached hydrogen (secondary N) is 1. The molecule has 3 rings (SSSR count). The van der Waals surface area contributed by atoms with E-state index in [1.807, 2.05) is 38.1 Å². The Kier molecular flexibility index (Phi) is 5.38. The van der Waals surface area contributed by atoms with Crippen LogP contribution >= 0.6 is 0 Å². The maximum atomic E-state index is 13.0. The molecule has 0 saturated heterocycles. The second-order valence-electron chi connectivity index (χ2n) is 6.74. The number of aryl methyl sites for hydroxylation is 2. The zero-order valence-corrected chi connectivity index (χ0v) is 16.8. The van der Waals surface area contributed by atoms with Crippen LogP contribution in [0, 0.1) is 6.92 Å². The molecule has 0 unspecified atom stereocenters. The van der Waals surface area contributed by atoms with Crippen molar-refractivity contribution in [3.63, 3.8) is 0 Å². The average molecular weight is 398 g/mol. The summed E-state index contributed by atoms with van der Waals surface area (Å²) < 4.78 is 26.6. The van der Waals surface area contributed by atoms with E-state index in [0.717, 1.165) is 17.5 Å². The van der Waals surface area contributed by atoms with Crippen molar-refractivity contribution in [2.45, 2.75) is 27.2 Å². The molecule has 0 atom stereocenters. The van der Waals surface area contributed by atoms with Crippen LogP contribution in [-0.4, -0.2) is 31.1 Å². The molecule has 2 aromatic rings. The number of hydrogen-bond donors (Lipinski definition) is 1. The van der Waals surface area contributed by atoms with Gasteiger partial charge in [0.15, 0.2) is 0 Å². The molecule has 1 aliphatic heterocycles. The summed E-state index contributed by atoms with van der Waals surface area (Å²) in [6.07, 6.45) is 0.829. The van der Waals surface area contributed by atoms with E-state index in [0.29, 0.717) is 15.6 Å². The van der Waals surface area contributed by atoms with Gasteiger partial charge in [-0.1, -0.05) is 48.9 Å². The minimum atomic E-state index is -4.09. The lowest BCUT2D eigenvalue weighted by Gasteiger charge is -2.16. The van der Waals surface area contributed by atoms with E-state index in [1.54, 1.807) is 24.3 Å². The molecular weight excluding hydrogens is 376 g/mol. The highest BCUT2D eigenvalue weighted by atomic mass is 32.2. The summed E-state index contributed by atoms with van der Waals surface area (Å²) in [5.41, 5.74) is 3.21. The van der Waals surface area contributed by atoms with Gasteiger partial charge in [-0.2, -0.15) is 0 Å². The van der Waals surface area contributed by atoms with Crippen molar-refractivity contribution < 1.29 is 18.0 Å². The quantitative estimate of drug-likeness (QED) is 0.839. The van der Waals surface area contributed by atoms with Crippen molar-refractivity contribution in [3.8, 4) is 0 Å². The number of sulfonamides is 1. The molecule has 1 aliphatic rings. The molecule has 6 nitrogen and oxygen atoms in total. The van der Waals surface area contributed by atoms with Crippen molar-refractivity contribution in [1.29, 1.82) is 0 Å². The summed E-state index contributed by atoms with van der Waals surface area (Å²) in [5, 5.41) is 2.62. The summed E-state index contributed by atoms with van der Waals surface area (Å²) in [4.78, 5) is 24.9. The average Bonchev–Trinajstić information content (AvgIpc) is 2.83. The van der Waals surface area contributed by atoms with Crippen LogP contribution in [0.25, 0.3) is 4.91 Å². The van der Waals surface area contributed by atoms with Gasteiger partial charge in [-0.05, 0) is 43.5 Å². The first kappa shape index (κ1) is 19.8. The van der Waals surface area contributed by atoms with Gasteiger partial charge in [0.25, 0.3) is 15.9 Å². The van der Waals surface area contributed by atoms with E-state index < -0.39 is 28.4 Å². The highest BCUT2D eigenvalue weighted by Gasteiger charge is 2.43. The number of amides is 2. The van der Waals surface area contributed by atoms with Crippen LogP contribution in [0.15, 0.2) is 54.1 Å². The Hall–Kier alpha value is -2.93. The standard InChI is InChI=1S/C21H22N2O4S/c1-4-16-7-9-17(10-8-16)20-15(3)21(25)23(28(20,26)27)13-19(24)22-18-11-5-14(2)6-12-18/h5-12H,4,13H2,1-3H3,(H,22,24). The Bertz CT molecular complexity index is 1050. The van der Waals surface area contributed by atoms with Crippen molar-refractivity contribution in [1.82, 2.24) is 4.31 Å². The summed E-state index contributed by atoms with van der Waals surface area (Å²) >= 11 is 0. The minimum Gasteiger partial charge on any atom is -0.325 e. The van der Waals surface area contributed by atoms with E-state index in [-0.39, 0.29) is 10.5 Å². The number of hydrogen-bond acceptors (Lipinski definition) is 4. The molecule has 28 heavy (non-hydrogen) atoms. The number of carbonyl (C=O) groups excluding carboxylic acids is 2. The molecule has 1 N–H and O–H groups in total. The Balaban J connectivity index is 1.83. The molecule has 7 heteroatoms. The van der Waals surface area contributed by atoms with Crippen molar-refractivity contribution in [3.05, 3.63) is 70.8 Å². The lowest BCUT2D eigenvalue weighted by molar-refractivity contribution is -0.126. The van der Waals surface area contributed by atoms with E-state index in [2.05, 4.69) is 5.32 Å². The molecule has 0 spiro atoms. The third kappa shape index (κ3) is 3.71. The molecule has 2 amide bonds. The third-order valence-corrected chi connectivity index (χ3v) is 6.62. The lowest BCUT2D eigenvalue weighted by Crippen LogP contribution is -2.38. The second kappa shape index (κ2) is 7.59. The lowest BCUT2D eigenvalue weighted by atomic mass is 10.1. The number of benzene rings is 2. The highest BCUT2D eigenvalue weighted by molar-refractivity contribution is 7.99. The van der Waals surface area contributed by atoms with Crippen LogP contribution in [0.1, 0.15) is 30.5 Å². The van der Waals surface area contributed by atoms with Gasteiger partial charge in [-0.25, -0.2) is 12.7 Å². The van der Waals surface area contributed by atoms with Crippen LogP contribution in [0.5, 0.6) is 0 Å². The molecule has 0 radical (unpaired) electrons. The van der Waals surface area contributed by atoms with Gasteiger partial charge < -0.3 is 5.32 Å². The summed E-state index contributed by atoms with van der Waals surface area (Å²) in [7, 11) is -4.09. The van der Waals surface area contributed by atoms with Gasteiger partial charge >= 0.3 is 0 Å². The smallest absolute Gasteiger partial charge is 0.268 e. The third-order valence-electron chi connectivity index (χ3n) is 4.68. The van der Waals surface area contributed by atoms with Crippen LogP contribution in [-0.2, 0) is 26.0 Å². The Morgan fingerprint density at radius 1 is 1.00 bits per heavy atom. The summed E-state index contributed by atoms with van der Waals surface area (Å²) in [6.45, 7) is 4.83. The van der Waals surface area contributed by atoms with Crippen LogP contribution in [0.3, 0.4) is 0 Å². The predicted octanol–water partition coefficient (Wildman–Crippen LogP) is 3.10. The largest absolute Gasteiger partial charge is 0.325 e. The Morgan fingerprint density at radius 2 is 1.61 bits per heavy atom. The number of nitrogens with zero attached hydrogens (tertiary/aromatic N) is 1. The van der Waals surface area contributed by atoms with Crippen molar-refractivity contribution in [2.75, 3.05) is 11.9 Å². The first-order chi connectivity index (χ1) is 13.2. The monoisotopic (exact) mass is 398 g/mol. The Morgan fingerprint density at radius 3 is 2.18 bits per heavy atom. The predicted molar refractivity (Wildman–Crippen MR) is 109 cm³/mol. The van der Waals surface area contributed by atoms with Crippen molar-refractivity contribution in [2.24, 2.45) is 0 Å². The highest BCUT2D eigenvalue weighted by Crippen LogP contribution is 2.35. The zero-order valence-electron chi connectivity index (χ0n) is 16.0. The van der Waals surface area contributed by atoms with Crippen LogP contribution in [0.2, 0.25) is 0 Å². The molecule has 0 aromatic heterocycles. The summed E-state index contributed by atoms with van der Waals surface area (Å²) in [5.74, 6) is -1.25. The van der Waals surface area contributed by atoms with Crippen LogP contribution < -0.4 is 5.32 Å². The number of anilines is 1. The van der Waals surface area contributed by atoms with E-state index in [9.17, 15) is 18.0 Å². The van der Waals surface area contributed by atoms with Crippen LogP contribution in [0.4, 0.5) is 5.69 Å². The maximum absolute atomic E-state index is 13.0. The van der Waals surface area contributed by atoms with Gasteiger partial charge in [0.05, 0.1) is 0 Å².